The summed E-state index contributed by atoms with van der Waals surface area (Å²) in [5.41, 5.74) is 1.11. The van der Waals surface area contributed by atoms with Gasteiger partial charge in [-0.2, -0.15) is 0 Å². The maximum absolute atomic E-state index is 3.43. The largest absolute Gasteiger partial charge is 0.387 e. The second-order valence-corrected chi connectivity index (χ2v) is 3.16. The molecule has 0 rings (SSSR count). The van der Waals surface area contributed by atoms with E-state index in [-0.39, 0.29) is 0 Å². The number of rotatable bonds is 3. The Balaban J connectivity index is 4.16. The fourth-order valence-corrected chi connectivity index (χ4v) is 1.93. The van der Waals surface area contributed by atoms with Gasteiger partial charge >= 0.3 is 0 Å². The van der Waals surface area contributed by atoms with Crippen LogP contribution < -0.4 is 5.32 Å². The van der Waals surface area contributed by atoms with Crippen molar-refractivity contribution in [3.63, 3.8) is 0 Å². The molecular weight excluding hydrogens is 258 g/mol. The highest BCUT2D eigenvalue weighted by atomic mass is 79.9. The molecule has 0 aliphatic rings. The van der Waals surface area contributed by atoms with E-state index in [9.17, 15) is 0 Å². The predicted octanol–water partition coefficient (Wildman–Crippen LogP) is 2.78. The van der Waals surface area contributed by atoms with Crippen LogP contribution in [0, 0.1) is 0 Å². The molecule has 1 nitrogen and oxygen atoms in total. The molecule has 0 bridgehead atoms. The van der Waals surface area contributed by atoms with Gasteiger partial charge in [-0.3, -0.25) is 0 Å². The Morgan fingerprint density at radius 1 is 1.60 bits per heavy atom. The van der Waals surface area contributed by atoms with Gasteiger partial charge in [0.05, 0.1) is 0 Å². The minimum Gasteiger partial charge on any atom is -0.387 e. The van der Waals surface area contributed by atoms with Crippen molar-refractivity contribution in [3.8, 4) is 0 Å². The minimum atomic E-state index is 0.868. The van der Waals surface area contributed by atoms with Crippen LogP contribution in [0.4, 0.5) is 0 Å². The fraction of sp³-hybridized carbons (Fsp3) is 0.429. The maximum Gasteiger partial charge on any atom is 0.0435 e. The lowest BCUT2D eigenvalue weighted by Gasteiger charge is -2.02. The van der Waals surface area contributed by atoms with Gasteiger partial charge in [-0.1, -0.05) is 28.1 Å². The number of halogens is 2. The maximum atomic E-state index is 3.43. The van der Waals surface area contributed by atoms with Crippen LogP contribution in [-0.4, -0.2) is 12.4 Å². The lowest BCUT2D eigenvalue weighted by molar-refractivity contribution is 1.02. The van der Waals surface area contributed by atoms with Crippen molar-refractivity contribution in [1.82, 2.24) is 5.32 Å². The summed E-state index contributed by atoms with van der Waals surface area (Å²) in [4.78, 5) is 0. The third kappa shape index (κ3) is 3.42. The third-order valence-corrected chi connectivity index (χ3v) is 2.15. The smallest absolute Gasteiger partial charge is 0.0435 e. The molecule has 0 aliphatic carbocycles. The van der Waals surface area contributed by atoms with Gasteiger partial charge in [-0.05, 0) is 22.9 Å². The molecule has 3 heteroatoms. The van der Waals surface area contributed by atoms with Gasteiger partial charge in [0, 0.05) is 22.6 Å². The monoisotopic (exact) mass is 267 g/mol. The Morgan fingerprint density at radius 2 is 2.20 bits per heavy atom. The molecule has 0 aromatic heterocycles. The Bertz CT molecular complexity index is 150. The first kappa shape index (κ1) is 10.2. The van der Waals surface area contributed by atoms with Crippen molar-refractivity contribution < 1.29 is 0 Å². The van der Waals surface area contributed by atoms with Gasteiger partial charge in [0.2, 0.25) is 0 Å². The van der Waals surface area contributed by atoms with E-state index in [0.717, 1.165) is 15.5 Å². The molecule has 0 heterocycles. The summed E-state index contributed by atoms with van der Waals surface area (Å²) in [6, 6.07) is 0. The average molecular weight is 269 g/mol. The van der Waals surface area contributed by atoms with Crippen LogP contribution in [0.25, 0.3) is 0 Å². The zero-order chi connectivity index (χ0) is 7.98. The molecule has 58 valence electrons. The minimum absolute atomic E-state index is 0.868. The number of alkyl halides is 1. The topological polar surface area (TPSA) is 12.0 Å². The van der Waals surface area contributed by atoms with E-state index < -0.39 is 0 Å². The van der Waals surface area contributed by atoms with Crippen LogP contribution in [-0.2, 0) is 0 Å². The number of nitrogens with one attached hydrogen (secondary N) is 1. The second kappa shape index (κ2) is 5.98. The van der Waals surface area contributed by atoms with E-state index >= 15 is 0 Å². The van der Waals surface area contributed by atoms with E-state index in [2.05, 4.69) is 37.2 Å². The first-order valence-electron chi connectivity index (χ1n) is 3.02. The molecule has 1 N–H and O–H groups in total. The van der Waals surface area contributed by atoms with Crippen molar-refractivity contribution in [3.05, 3.63) is 22.3 Å². The molecule has 0 unspecified atom stereocenters. The molecule has 0 aromatic carbocycles. The Kier molecular flexibility index (Phi) is 6.13. The van der Waals surface area contributed by atoms with Gasteiger partial charge in [0.1, 0.15) is 0 Å². The Morgan fingerprint density at radius 3 is 2.50 bits per heavy atom. The van der Waals surface area contributed by atoms with Crippen molar-refractivity contribution in [2.45, 2.75) is 6.92 Å². The summed E-state index contributed by atoms with van der Waals surface area (Å²) in [7, 11) is 1.90. The zero-order valence-corrected chi connectivity index (χ0v) is 9.29. The molecule has 0 aliphatic heterocycles. The molecule has 0 fully saturated rings. The molecule has 0 saturated heterocycles. The second-order valence-electron chi connectivity index (χ2n) is 1.66. The SMILES string of the molecule is C/C=C(NC)\C(Br)=C/CBr. The molecule has 0 amide bonds. The van der Waals surface area contributed by atoms with Gasteiger partial charge in [-0.25, -0.2) is 0 Å². The third-order valence-electron chi connectivity index (χ3n) is 1.07. The molecule has 0 spiro atoms. The summed E-state index contributed by atoms with van der Waals surface area (Å²) >= 11 is 6.74. The summed E-state index contributed by atoms with van der Waals surface area (Å²) < 4.78 is 1.09. The Hall–Kier alpha value is 0.240. The lowest BCUT2D eigenvalue weighted by Crippen LogP contribution is -2.04. The highest BCUT2D eigenvalue weighted by molar-refractivity contribution is 9.12. The molecule has 10 heavy (non-hydrogen) atoms. The van der Waals surface area contributed by atoms with Crippen LogP contribution in [0.3, 0.4) is 0 Å². The number of hydrogen-bond acceptors (Lipinski definition) is 1. The van der Waals surface area contributed by atoms with Crippen molar-refractivity contribution in [1.29, 1.82) is 0 Å². The van der Waals surface area contributed by atoms with Gasteiger partial charge < -0.3 is 5.32 Å². The van der Waals surface area contributed by atoms with Gasteiger partial charge in [0.25, 0.3) is 0 Å². The summed E-state index contributed by atoms with van der Waals surface area (Å²) in [6.07, 6.45) is 4.06. The van der Waals surface area contributed by atoms with Gasteiger partial charge in [0.15, 0.2) is 0 Å². The van der Waals surface area contributed by atoms with Gasteiger partial charge in [-0.15, -0.1) is 0 Å². The predicted molar refractivity (Wildman–Crippen MR) is 53.6 cm³/mol. The van der Waals surface area contributed by atoms with E-state index in [0.29, 0.717) is 0 Å². The molecule has 0 saturated carbocycles. The first-order valence-corrected chi connectivity index (χ1v) is 4.93. The van der Waals surface area contributed by atoms with Crippen LogP contribution >= 0.6 is 31.9 Å². The lowest BCUT2D eigenvalue weighted by atomic mass is 10.4. The van der Waals surface area contributed by atoms with Crippen molar-refractivity contribution in [2.75, 3.05) is 12.4 Å². The summed E-state index contributed by atoms with van der Waals surface area (Å²) in [5, 5.41) is 3.93. The normalized spacial score (nSPS) is 13.6. The molecule has 0 aromatic rings. The molecular formula is C7H11Br2N. The molecule has 0 atom stereocenters. The van der Waals surface area contributed by atoms with Crippen LogP contribution in [0.1, 0.15) is 6.92 Å². The summed E-state index contributed by atoms with van der Waals surface area (Å²) in [6.45, 7) is 2.00. The van der Waals surface area contributed by atoms with E-state index in [1.807, 2.05) is 26.1 Å². The van der Waals surface area contributed by atoms with Crippen molar-refractivity contribution >= 4 is 31.9 Å². The van der Waals surface area contributed by atoms with Crippen LogP contribution in [0.5, 0.6) is 0 Å². The van der Waals surface area contributed by atoms with Crippen LogP contribution in [0.2, 0.25) is 0 Å². The van der Waals surface area contributed by atoms with E-state index in [1.54, 1.807) is 0 Å². The highest BCUT2D eigenvalue weighted by Crippen LogP contribution is 2.13. The fourth-order valence-electron chi connectivity index (χ4n) is 0.579. The Labute approximate surface area is 78.8 Å². The zero-order valence-electron chi connectivity index (χ0n) is 6.12. The highest BCUT2D eigenvalue weighted by Gasteiger charge is 1.94. The van der Waals surface area contributed by atoms with Crippen LogP contribution in [0.15, 0.2) is 22.3 Å². The average Bonchev–Trinajstić information content (AvgIpc) is 1.91. The number of allylic oxidation sites excluding steroid dienone is 3. The van der Waals surface area contributed by atoms with Crippen molar-refractivity contribution in [2.24, 2.45) is 0 Å². The standard InChI is InChI=1S/C7H11Br2N/c1-3-7(10-2)6(9)4-5-8/h3-4,10H,5H2,1-2H3/b6-4+,7-3+. The number of hydrogen-bond donors (Lipinski definition) is 1. The van der Waals surface area contributed by atoms with E-state index in [4.69, 9.17) is 0 Å². The first-order chi connectivity index (χ1) is 4.76. The quantitative estimate of drug-likeness (QED) is 0.613. The summed E-state index contributed by atoms with van der Waals surface area (Å²) in [5.74, 6) is 0. The van der Waals surface area contributed by atoms with E-state index in [1.165, 1.54) is 0 Å². The molecule has 0 radical (unpaired) electrons. The number of likely N-dealkylation sites (N-methyl/N-ethyl adjacent to an activating group) is 1.